The van der Waals surface area contributed by atoms with Crippen LogP contribution in [0.15, 0.2) is 42.5 Å². The van der Waals surface area contributed by atoms with Gasteiger partial charge in [0.05, 0.1) is 6.04 Å². The molecule has 2 amide bonds. The van der Waals surface area contributed by atoms with Crippen LogP contribution in [0.1, 0.15) is 40.9 Å². The minimum Gasteiger partial charge on any atom is -0.345 e. The fourth-order valence-corrected chi connectivity index (χ4v) is 3.01. The Kier molecular flexibility index (Phi) is 4.35. The summed E-state index contributed by atoms with van der Waals surface area (Å²) in [5, 5.41) is 6.40. The van der Waals surface area contributed by atoms with Crippen LogP contribution in [0.25, 0.3) is 0 Å². The highest BCUT2D eigenvalue weighted by molar-refractivity contribution is 6.31. The number of aryl methyl sites for hydroxylation is 1. The van der Waals surface area contributed by atoms with Gasteiger partial charge in [-0.25, -0.2) is 0 Å². The third-order valence-electron chi connectivity index (χ3n) is 3.98. The second-order valence-corrected chi connectivity index (χ2v) is 6.04. The molecular formula is C18H17ClN2O2. The van der Waals surface area contributed by atoms with Crippen LogP contribution in [-0.2, 0) is 11.2 Å². The molecule has 1 heterocycles. The van der Waals surface area contributed by atoms with E-state index in [-0.39, 0.29) is 17.9 Å². The molecule has 1 atom stereocenters. The predicted molar refractivity (Wildman–Crippen MR) is 90.7 cm³/mol. The van der Waals surface area contributed by atoms with Crippen LogP contribution in [0.2, 0.25) is 5.02 Å². The summed E-state index contributed by atoms with van der Waals surface area (Å²) in [6.45, 7) is 1.90. The lowest BCUT2D eigenvalue weighted by Crippen LogP contribution is -2.27. The van der Waals surface area contributed by atoms with Crippen LogP contribution >= 0.6 is 11.6 Å². The van der Waals surface area contributed by atoms with Crippen molar-refractivity contribution in [1.82, 2.24) is 5.32 Å². The van der Waals surface area contributed by atoms with E-state index >= 15 is 0 Å². The molecule has 3 rings (SSSR count). The van der Waals surface area contributed by atoms with Crippen molar-refractivity contribution in [2.75, 3.05) is 5.32 Å². The summed E-state index contributed by atoms with van der Waals surface area (Å²) in [4.78, 5) is 23.8. The molecule has 5 heteroatoms. The average molecular weight is 329 g/mol. The number of amides is 2. The Bertz CT molecular complexity index is 773. The topological polar surface area (TPSA) is 58.2 Å². The van der Waals surface area contributed by atoms with Crippen LogP contribution in [-0.4, -0.2) is 11.8 Å². The van der Waals surface area contributed by atoms with E-state index < -0.39 is 0 Å². The Morgan fingerprint density at radius 3 is 2.78 bits per heavy atom. The summed E-state index contributed by atoms with van der Waals surface area (Å²) in [6, 6.07) is 12.6. The molecule has 4 nitrogen and oxygen atoms in total. The van der Waals surface area contributed by atoms with Gasteiger partial charge in [-0.2, -0.15) is 0 Å². The normalized spacial score (nSPS) is 14.6. The van der Waals surface area contributed by atoms with Gasteiger partial charge in [-0.1, -0.05) is 29.8 Å². The monoisotopic (exact) mass is 328 g/mol. The van der Waals surface area contributed by atoms with Crippen molar-refractivity contribution in [3.05, 3.63) is 64.2 Å². The van der Waals surface area contributed by atoms with Crippen molar-refractivity contribution < 1.29 is 9.59 Å². The predicted octanol–water partition coefficient (Wildman–Crippen LogP) is 3.72. The zero-order valence-corrected chi connectivity index (χ0v) is 13.5. The molecule has 118 valence electrons. The first-order chi connectivity index (χ1) is 11.0. The fourth-order valence-electron chi connectivity index (χ4n) is 2.71. The number of carbonyl (C=O) groups excluding carboxylic acids is 2. The molecule has 0 saturated carbocycles. The maximum atomic E-state index is 12.4. The van der Waals surface area contributed by atoms with E-state index in [1.807, 2.05) is 31.2 Å². The molecule has 0 saturated heterocycles. The van der Waals surface area contributed by atoms with E-state index in [0.717, 1.165) is 16.8 Å². The van der Waals surface area contributed by atoms with Crippen LogP contribution in [0.4, 0.5) is 5.69 Å². The first kappa shape index (κ1) is 15.6. The summed E-state index contributed by atoms with van der Waals surface area (Å²) in [6.07, 6.45) is 1.11. The van der Waals surface area contributed by atoms with Crippen molar-refractivity contribution >= 4 is 29.1 Å². The first-order valence-corrected chi connectivity index (χ1v) is 7.90. The van der Waals surface area contributed by atoms with E-state index in [4.69, 9.17) is 11.6 Å². The number of carbonyl (C=O) groups is 2. The maximum absolute atomic E-state index is 12.4. The number of rotatable bonds is 3. The van der Waals surface area contributed by atoms with Crippen molar-refractivity contribution in [3.63, 3.8) is 0 Å². The molecule has 1 aliphatic rings. The lowest BCUT2D eigenvalue weighted by molar-refractivity contribution is -0.116. The van der Waals surface area contributed by atoms with E-state index in [1.165, 1.54) is 0 Å². The van der Waals surface area contributed by atoms with Gasteiger partial charge in [-0.15, -0.1) is 0 Å². The number of anilines is 1. The summed E-state index contributed by atoms with van der Waals surface area (Å²) in [5.74, 6) is -0.140. The van der Waals surface area contributed by atoms with E-state index in [9.17, 15) is 9.59 Å². The van der Waals surface area contributed by atoms with Gasteiger partial charge in [-0.05, 0) is 48.7 Å². The van der Waals surface area contributed by atoms with Gasteiger partial charge in [0.25, 0.3) is 5.91 Å². The van der Waals surface area contributed by atoms with E-state index in [2.05, 4.69) is 10.6 Å². The molecule has 1 aliphatic heterocycles. The van der Waals surface area contributed by atoms with Crippen molar-refractivity contribution in [2.45, 2.75) is 25.8 Å². The van der Waals surface area contributed by atoms with Crippen molar-refractivity contribution in [2.24, 2.45) is 0 Å². The van der Waals surface area contributed by atoms with Gasteiger partial charge in [0.15, 0.2) is 0 Å². The molecule has 0 spiro atoms. The molecule has 0 radical (unpaired) electrons. The van der Waals surface area contributed by atoms with Gasteiger partial charge in [0, 0.05) is 22.7 Å². The molecule has 0 aromatic heterocycles. The van der Waals surface area contributed by atoms with Gasteiger partial charge >= 0.3 is 0 Å². The van der Waals surface area contributed by atoms with E-state index in [0.29, 0.717) is 23.4 Å². The molecule has 0 aliphatic carbocycles. The second-order valence-electron chi connectivity index (χ2n) is 5.64. The van der Waals surface area contributed by atoms with Crippen molar-refractivity contribution in [3.8, 4) is 0 Å². The largest absolute Gasteiger partial charge is 0.345 e. The van der Waals surface area contributed by atoms with Gasteiger partial charge in [-0.3, -0.25) is 9.59 Å². The lowest BCUT2D eigenvalue weighted by atomic mass is 10.00. The summed E-state index contributed by atoms with van der Waals surface area (Å²) >= 11 is 6.17. The Balaban J connectivity index is 1.76. The van der Waals surface area contributed by atoms with Crippen LogP contribution in [0, 0.1) is 0 Å². The minimum atomic E-state index is -0.188. The number of nitrogens with one attached hydrogen (secondary N) is 2. The number of halogens is 1. The Morgan fingerprint density at radius 2 is 2.00 bits per heavy atom. The van der Waals surface area contributed by atoms with Gasteiger partial charge < -0.3 is 10.6 Å². The molecule has 2 aromatic rings. The highest BCUT2D eigenvalue weighted by Crippen LogP contribution is 2.25. The Labute approximate surface area is 139 Å². The van der Waals surface area contributed by atoms with E-state index in [1.54, 1.807) is 18.2 Å². The number of benzene rings is 2. The summed E-state index contributed by atoms with van der Waals surface area (Å²) in [5.41, 5.74) is 3.24. The highest BCUT2D eigenvalue weighted by Gasteiger charge is 2.18. The molecule has 0 fully saturated rings. The van der Waals surface area contributed by atoms with Crippen molar-refractivity contribution in [1.29, 1.82) is 0 Å². The highest BCUT2D eigenvalue weighted by atomic mass is 35.5. The zero-order valence-electron chi connectivity index (χ0n) is 12.7. The second kappa shape index (κ2) is 6.42. The molecule has 0 bridgehead atoms. The van der Waals surface area contributed by atoms with Crippen LogP contribution in [0.5, 0.6) is 0 Å². The Hall–Kier alpha value is -2.33. The summed E-state index contributed by atoms with van der Waals surface area (Å²) < 4.78 is 0. The molecule has 2 aromatic carbocycles. The average Bonchev–Trinajstić information content (AvgIpc) is 2.54. The third kappa shape index (κ3) is 3.37. The Morgan fingerprint density at radius 1 is 1.22 bits per heavy atom. The quantitative estimate of drug-likeness (QED) is 0.902. The summed E-state index contributed by atoms with van der Waals surface area (Å²) in [7, 11) is 0. The number of hydrogen-bond donors (Lipinski definition) is 2. The maximum Gasteiger partial charge on any atom is 0.251 e. The SMILES string of the molecule is CC(NC(=O)c1ccc2c(c1)CCC(=O)N2)c1ccccc1Cl. The lowest BCUT2D eigenvalue weighted by Gasteiger charge is -2.19. The number of hydrogen-bond acceptors (Lipinski definition) is 2. The third-order valence-corrected chi connectivity index (χ3v) is 4.33. The fraction of sp³-hybridized carbons (Fsp3) is 0.222. The molecular weight excluding hydrogens is 312 g/mol. The van der Waals surface area contributed by atoms with Gasteiger partial charge in [0.1, 0.15) is 0 Å². The number of fused-ring (bicyclic) bond motifs is 1. The molecule has 1 unspecified atom stereocenters. The minimum absolute atomic E-state index is 0.0158. The first-order valence-electron chi connectivity index (χ1n) is 7.52. The zero-order chi connectivity index (χ0) is 16.4. The van der Waals surface area contributed by atoms with Crippen LogP contribution < -0.4 is 10.6 Å². The smallest absolute Gasteiger partial charge is 0.251 e. The molecule has 23 heavy (non-hydrogen) atoms. The molecule has 2 N–H and O–H groups in total. The van der Waals surface area contributed by atoms with Crippen LogP contribution in [0.3, 0.4) is 0 Å². The standard InChI is InChI=1S/C18H17ClN2O2/c1-11(14-4-2-3-5-15(14)19)20-18(23)13-6-8-16-12(10-13)7-9-17(22)21-16/h2-6,8,10-11H,7,9H2,1H3,(H,20,23)(H,21,22). The van der Waals surface area contributed by atoms with Gasteiger partial charge in [0.2, 0.25) is 5.91 Å².